The number of amides is 2. The third kappa shape index (κ3) is 3.22. The summed E-state index contributed by atoms with van der Waals surface area (Å²) in [6, 6.07) is -0.434. The molecule has 2 atom stereocenters. The van der Waals surface area contributed by atoms with Gasteiger partial charge in [-0.05, 0) is 19.8 Å². The minimum atomic E-state index is -0.434. The van der Waals surface area contributed by atoms with Crippen molar-refractivity contribution in [2.75, 3.05) is 23.6 Å². The fourth-order valence-corrected chi connectivity index (χ4v) is 4.27. The quantitative estimate of drug-likeness (QED) is 0.910. The Labute approximate surface area is 131 Å². The predicted octanol–water partition coefficient (Wildman–Crippen LogP) is 1.47. The molecule has 6 nitrogen and oxygen atoms in total. The van der Waals surface area contributed by atoms with Crippen LogP contribution in [0.25, 0.3) is 0 Å². The van der Waals surface area contributed by atoms with Gasteiger partial charge in [0.2, 0.25) is 5.91 Å². The normalized spacial score (nSPS) is 25.3. The van der Waals surface area contributed by atoms with Crippen molar-refractivity contribution in [1.82, 2.24) is 9.88 Å². The summed E-state index contributed by atoms with van der Waals surface area (Å²) in [5.74, 6) is 0.941. The van der Waals surface area contributed by atoms with Crippen molar-refractivity contribution in [2.45, 2.75) is 31.9 Å². The Hall–Kier alpha value is -1.12. The van der Waals surface area contributed by atoms with Gasteiger partial charge in [-0.15, -0.1) is 23.1 Å². The zero-order chi connectivity index (χ0) is 14.8. The van der Waals surface area contributed by atoms with Gasteiger partial charge < -0.3 is 15.0 Å². The molecule has 0 aliphatic carbocycles. The van der Waals surface area contributed by atoms with Crippen LogP contribution in [0.4, 0.5) is 5.13 Å². The minimum absolute atomic E-state index is 0.0621. The van der Waals surface area contributed by atoms with Gasteiger partial charge in [0.25, 0.3) is 5.91 Å². The van der Waals surface area contributed by atoms with E-state index in [1.54, 1.807) is 22.9 Å². The molecule has 3 heterocycles. The van der Waals surface area contributed by atoms with Crippen LogP contribution in [0.3, 0.4) is 0 Å². The Kier molecular flexibility index (Phi) is 4.46. The number of carbonyl (C=O) groups is 2. The van der Waals surface area contributed by atoms with Gasteiger partial charge in [-0.25, -0.2) is 4.98 Å². The maximum atomic E-state index is 12.4. The number of thiazole rings is 1. The van der Waals surface area contributed by atoms with Crippen LogP contribution >= 0.6 is 23.1 Å². The van der Waals surface area contributed by atoms with Gasteiger partial charge in [-0.1, -0.05) is 0 Å². The molecule has 21 heavy (non-hydrogen) atoms. The summed E-state index contributed by atoms with van der Waals surface area (Å²) in [5.41, 5.74) is 0. The number of aryl methyl sites for hydroxylation is 1. The summed E-state index contributed by atoms with van der Waals surface area (Å²) in [4.78, 5) is 31.6. The lowest BCUT2D eigenvalue weighted by Crippen LogP contribution is -2.48. The largest absolute Gasteiger partial charge is 0.368 e. The Morgan fingerprint density at radius 1 is 1.52 bits per heavy atom. The first-order valence-electron chi connectivity index (χ1n) is 6.88. The van der Waals surface area contributed by atoms with Crippen molar-refractivity contribution >= 4 is 40.0 Å². The Morgan fingerprint density at radius 3 is 3.05 bits per heavy atom. The number of ether oxygens (including phenoxy) is 1. The smallest absolute Gasteiger partial charge is 0.253 e. The Morgan fingerprint density at radius 2 is 2.38 bits per heavy atom. The van der Waals surface area contributed by atoms with Crippen LogP contribution in [0.1, 0.15) is 17.7 Å². The molecule has 1 N–H and O–H groups in total. The number of aromatic nitrogens is 1. The van der Waals surface area contributed by atoms with E-state index in [2.05, 4.69) is 10.3 Å². The summed E-state index contributed by atoms with van der Waals surface area (Å²) in [6.45, 7) is 2.57. The molecule has 2 aliphatic heterocycles. The first-order valence-corrected chi connectivity index (χ1v) is 8.85. The Balaban J connectivity index is 1.65. The topological polar surface area (TPSA) is 71.5 Å². The van der Waals surface area contributed by atoms with Crippen molar-refractivity contribution < 1.29 is 14.3 Å². The molecular formula is C13H17N3O3S2. The number of nitrogens with zero attached hydrogens (tertiary/aromatic N) is 2. The highest BCUT2D eigenvalue weighted by Gasteiger charge is 2.39. The molecule has 2 aliphatic rings. The van der Waals surface area contributed by atoms with Crippen LogP contribution in [-0.2, 0) is 14.3 Å². The minimum Gasteiger partial charge on any atom is -0.368 e. The van der Waals surface area contributed by atoms with Crippen LogP contribution in [0, 0.1) is 6.92 Å². The number of anilines is 1. The molecule has 1 aromatic rings. The van der Waals surface area contributed by atoms with Gasteiger partial charge in [0.15, 0.2) is 5.13 Å². The number of hydrogen-bond acceptors (Lipinski definition) is 6. The lowest BCUT2D eigenvalue weighted by molar-refractivity contribution is -0.144. The van der Waals surface area contributed by atoms with Gasteiger partial charge in [0, 0.05) is 23.4 Å². The van der Waals surface area contributed by atoms with Gasteiger partial charge in [-0.3, -0.25) is 9.59 Å². The molecule has 0 saturated carbocycles. The highest BCUT2D eigenvalue weighted by atomic mass is 32.2. The summed E-state index contributed by atoms with van der Waals surface area (Å²) < 4.78 is 5.43. The molecule has 0 radical (unpaired) electrons. The van der Waals surface area contributed by atoms with Gasteiger partial charge in [0.05, 0.1) is 5.88 Å². The van der Waals surface area contributed by atoms with Crippen molar-refractivity contribution in [3.8, 4) is 0 Å². The second-order valence-corrected chi connectivity index (χ2v) is 7.33. The molecule has 0 spiro atoms. The molecule has 3 rings (SSSR count). The zero-order valence-corrected chi connectivity index (χ0v) is 13.3. The predicted molar refractivity (Wildman–Crippen MR) is 82.4 cm³/mol. The summed E-state index contributed by atoms with van der Waals surface area (Å²) in [6.07, 6.45) is 3.01. The zero-order valence-electron chi connectivity index (χ0n) is 11.7. The maximum Gasteiger partial charge on any atom is 0.253 e. The first kappa shape index (κ1) is 14.8. The number of carbonyl (C=O) groups excluding carboxylic acids is 2. The van der Waals surface area contributed by atoms with Gasteiger partial charge in [-0.2, -0.15) is 0 Å². The van der Waals surface area contributed by atoms with Crippen LogP contribution < -0.4 is 5.32 Å². The SMILES string of the molecule is Cc1cnc(NC(=O)C2CSCN2C(=O)C2CCCO2)s1. The average molecular weight is 327 g/mol. The van der Waals surface area contributed by atoms with E-state index >= 15 is 0 Å². The van der Waals surface area contributed by atoms with Crippen LogP contribution in [0.15, 0.2) is 6.20 Å². The molecular weight excluding hydrogens is 310 g/mol. The molecule has 0 bridgehead atoms. The highest BCUT2D eigenvalue weighted by Crippen LogP contribution is 2.26. The van der Waals surface area contributed by atoms with Crippen molar-refractivity contribution in [2.24, 2.45) is 0 Å². The van der Waals surface area contributed by atoms with Crippen molar-refractivity contribution in [1.29, 1.82) is 0 Å². The lowest BCUT2D eigenvalue weighted by atomic mass is 10.2. The van der Waals surface area contributed by atoms with E-state index in [4.69, 9.17) is 4.74 Å². The number of rotatable bonds is 3. The molecule has 2 unspecified atom stereocenters. The second-order valence-electron chi connectivity index (χ2n) is 5.09. The molecule has 2 fully saturated rings. The Bertz CT molecular complexity index is 543. The number of hydrogen-bond donors (Lipinski definition) is 1. The molecule has 2 amide bonds. The van der Waals surface area contributed by atoms with Crippen molar-refractivity contribution in [3.63, 3.8) is 0 Å². The van der Waals surface area contributed by atoms with E-state index in [-0.39, 0.29) is 17.9 Å². The fourth-order valence-electron chi connectivity index (χ4n) is 2.44. The molecule has 0 aromatic carbocycles. The highest BCUT2D eigenvalue weighted by molar-refractivity contribution is 7.99. The van der Waals surface area contributed by atoms with Crippen LogP contribution in [0.2, 0.25) is 0 Å². The third-order valence-corrected chi connectivity index (χ3v) is 5.36. The van der Waals surface area contributed by atoms with Crippen LogP contribution in [0.5, 0.6) is 0 Å². The molecule has 8 heteroatoms. The number of nitrogens with one attached hydrogen (secondary N) is 1. The summed E-state index contributed by atoms with van der Waals surface area (Å²) in [7, 11) is 0. The molecule has 2 saturated heterocycles. The van der Waals surface area contributed by atoms with E-state index < -0.39 is 6.04 Å². The van der Waals surface area contributed by atoms with Crippen molar-refractivity contribution in [3.05, 3.63) is 11.1 Å². The maximum absolute atomic E-state index is 12.4. The fraction of sp³-hybridized carbons (Fsp3) is 0.615. The monoisotopic (exact) mass is 327 g/mol. The lowest BCUT2D eigenvalue weighted by Gasteiger charge is -2.25. The van der Waals surface area contributed by atoms with E-state index in [0.717, 1.165) is 17.7 Å². The van der Waals surface area contributed by atoms with E-state index in [0.29, 0.717) is 23.4 Å². The van der Waals surface area contributed by atoms with Crippen LogP contribution in [-0.4, -0.2) is 52.1 Å². The van der Waals surface area contributed by atoms with Gasteiger partial charge in [0.1, 0.15) is 12.1 Å². The summed E-state index contributed by atoms with van der Waals surface area (Å²) in [5, 5.41) is 3.38. The first-order chi connectivity index (χ1) is 10.1. The van der Waals surface area contributed by atoms with E-state index in [9.17, 15) is 9.59 Å². The molecule has 114 valence electrons. The number of thioether (sulfide) groups is 1. The van der Waals surface area contributed by atoms with E-state index in [1.165, 1.54) is 11.3 Å². The standard InChI is InChI=1S/C13H17N3O3S2/c1-8-5-14-13(21-8)15-11(17)9-6-20-7-16(9)12(18)10-3-2-4-19-10/h5,9-10H,2-4,6-7H2,1H3,(H,14,15,17). The third-order valence-electron chi connectivity index (χ3n) is 3.52. The van der Waals surface area contributed by atoms with Gasteiger partial charge >= 0.3 is 0 Å². The van der Waals surface area contributed by atoms with E-state index in [1.807, 2.05) is 6.92 Å². The molecule has 1 aromatic heterocycles. The summed E-state index contributed by atoms with van der Waals surface area (Å²) >= 11 is 3.02. The second kappa shape index (κ2) is 6.33. The average Bonchev–Trinajstić information content (AvgIpc) is 3.19.